The molecule has 3 aromatic rings. The summed E-state index contributed by atoms with van der Waals surface area (Å²) in [7, 11) is 0. The van der Waals surface area contributed by atoms with Crippen molar-refractivity contribution in [2.75, 3.05) is 13.2 Å². The maximum atomic E-state index is 11.4. The molecule has 1 N–H and O–H groups in total. The summed E-state index contributed by atoms with van der Waals surface area (Å²) in [5, 5.41) is 5.04. The molecular weight excluding hydrogens is 354 g/mol. The third kappa shape index (κ3) is 4.52. The van der Waals surface area contributed by atoms with Crippen molar-refractivity contribution in [1.29, 1.82) is 0 Å². The topological polar surface area (TPSA) is 64.8 Å². The van der Waals surface area contributed by atoms with Crippen LogP contribution >= 0.6 is 0 Å². The fraction of sp³-hybridized carbons (Fsp3) is 0.273. The molecule has 0 unspecified atom stereocenters. The number of amides is 1. The number of para-hydroxylation sites is 2. The zero-order chi connectivity index (χ0) is 19.9. The largest absolute Gasteiger partial charge is 0.491 e. The number of benzene rings is 2. The summed E-state index contributed by atoms with van der Waals surface area (Å²) in [6.07, 6.45) is 3.07. The van der Waals surface area contributed by atoms with Crippen LogP contribution in [0, 0.1) is 13.8 Å². The highest BCUT2D eigenvalue weighted by atomic mass is 16.5. The summed E-state index contributed by atoms with van der Waals surface area (Å²) >= 11 is 0. The van der Waals surface area contributed by atoms with Crippen LogP contribution in [-0.2, 0) is 11.3 Å². The molecule has 1 aromatic heterocycles. The Morgan fingerprint density at radius 3 is 2.64 bits per heavy atom. The smallest absolute Gasteiger partial charge is 0.427 e. The zero-order valence-electron chi connectivity index (χ0n) is 16.4. The Bertz CT molecular complexity index is 972. The van der Waals surface area contributed by atoms with Gasteiger partial charge in [0.05, 0.1) is 19.4 Å². The average Bonchev–Trinajstić information content (AvgIpc) is 3.02. The standard InChI is InChI=1S/C22H25N3O3/c1-4-27-22(26)24-23-14-18-15-25(20-11-6-5-10-19(18)20)12-13-28-21-16(2)8-7-9-17(21)3/h5-11,14-15H,4,12-13H2,1-3H3,(H,24,26). The van der Waals surface area contributed by atoms with Crippen LogP contribution in [-0.4, -0.2) is 30.1 Å². The molecule has 0 spiro atoms. The Morgan fingerprint density at radius 1 is 1.14 bits per heavy atom. The number of hydrogen-bond acceptors (Lipinski definition) is 4. The minimum absolute atomic E-state index is 0.307. The Hall–Kier alpha value is -3.28. The third-order valence-electron chi connectivity index (χ3n) is 4.44. The van der Waals surface area contributed by atoms with Crippen molar-refractivity contribution in [2.24, 2.45) is 5.10 Å². The van der Waals surface area contributed by atoms with Gasteiger partial charge in [0.15, 0.2) is 0 Å². The number of carbonyl (C=O) groups excluding carboxylic acids is 1. The molecule has 0 bridgehead atoms. The summed E-state index contributed by atoms with van der Waals surface area (Å²) in [5.41, 5.74) is 6.63. The van der Waals surface area contributed by atoms with Crippen LogP contribution in [0.4, 0.5) is 4.79 Å². The highest BCUT2D eigenvalue weighted by Gasteiger charge is 2.08. The summed E-state index contributed by atoms with van der Waals surface area (Å²) in [4.78, 5) is 11.4. The Morgan fingerprint density at radius 2 is 1.89 bits per heavy atom. The fourth-order valence-corrected chi connectivity index (χ4v) is 3.15. The van der Waals surface area contributed by atoms with Crippen molar-refractivity contribution < 1.29 is 14.3 Å². The Labute approximate surface area is 164 Å². The fourth-order valence-electron chi connectivity index (χ4n) is 3.15. The molecule has 0 fully saturated rings. The third-order valence-corrected chi connectivity index (χ3v) is 4.44. The van der Waals surface area contributed by atoms with Crippen LogP contribution in [0.2, 0.25) is 0 Å². The van der Waals surface area contributed by atoms with E-state index in [2.05, 4.69) is 47.1 Å². The molecule has 0 radical (unpaired) electrons. The van der Waals surface area contributed by atoms with Crippen LogP contribution in [0.5, 0.6) is 5.75 Å². The second kappa shape index (κ2) is 9.08. The van der Waals surface area contributed by atoms with Crippen LogP contribution in [0.15, 0.2) is 53.8 Å². The number of fused-ring (bicyclic) bond motifs is 1. The molecule has 0 aliphatic carbocycles. The SMILES string of the molecule is CCOC(=O)NN=Cc1cn(CCOc2c(C)cccc2C)c2ccccc12. The minimum atomic E-state index is -0.565. The van der Waals surface area contributed by atoms with Crippen LogP contribution in [0.3, 0.4) is 0 Å². The van der Waals surface area contributed by atoms with Crippen LogP contribution < -0.4 is 10.2 Å². The number of aryl methyl sites for hydroxylation is 2. The molecule has 0 saturated heterocycles. The molecule has 1 heterocycles. The van der Waals surface area contributed by atoms with Crippen molar-refractivity contribution in [3.63, 3.8) is 0 Å². The first kappa shape index (κ1) is 19.5. The molecule has 0 atom stereocenters. The number of ether oxygens (including phenoxy) is 2. The summed E-state index contributed by atoms with van der Waals surface area (Å²) in [6.45, 7) is 7.42. The highest BCUT2D eigenvalue weighted by molar-refractivity contribution is 5.99. The molecule has 0 aliphatic heterocycles. The molecule has 28 heavy (non-hydrogen) atoms. The molecule has 6 heteroatoms. The lowest BCUT2D eigenvalue weighted by molar-refractivity contribution is 0.152. The van der Waals surface area contributed by atoms with Gasteiger partial charge in [-0.3, -0.25) is 0 Å². The predicted octanol–water partition coefficient (Wildman–Crippen LogP) is 4.42. The number of carbonyl (C=O) groups is 1. The van der Waals surface area contributed by atoms with Gasteiger partial charge in [0.2, 0.25) is 0 Å². The maximum absolute atomic E-state index is 11.4. The molecule has 0 aliphatic rings. The van der Waals surface area contributed by atoms with Gasteiger partial charge in [-0.2, -0.15) is 5.10 Å². The molecule has 146 valence electrons. The lowest BCUT2D eigenvalue weighted by atomic mass is 10.1. The van der Waals surface area contributed by atoms with Crippen molar-refractivity contribution in [1.82, 2.24) is 9.99 Å². The van der Waals surface area contributed by atoms with E-state index in [9.17, 15) is 4.79 Å². The van der Waals surface area contributed by atoms with Gasteiger partial charge < -0.3 is 14.0 Å². The van der Waals surface area contributed by atoms with Crippen molar-refractivity contribution >= 4 is 23.2 Å². The van der Waals surface area contributed by atoms with Gasteiger partial charge in [0, 0.05) is 22.7 Å². The lowest BCUT2D eigenvalue weighted by Gasteiger charge is -2.12. The molecule has 3 rings (SSSR count). The number of hydrogen-bond donors (Lipinski definition) is 1. The normalized spacial score (nSPS) is 11.1. The first-order valence-electron chi connectivity index (χ1n) is 9.33. The van der Waals surface area contributed by atoms with Gasteiger partial charge in [-0.05, 0) is 38.0 Å². The highest BCUT2D eigenvalue weighted by Crippen LogP contribution is 2.23. The van der Waals surface area contributed by atoms with Gasteiger partial charge in [0.25, 0.3) is 0 Å². The number of rotatable bonds is 7. The van der Waals surface area contributed by atoms with Gasteiger partial charge in [-0.15, -0.1) is 0 Å². The molecule has 6 nitrogen and oxygen atoms in total. The minimum Gasteiger partial charge on any atom is -0.491 e. The lowest BCUT2D eigenvalue weighted by Crippen LogP contribution is -2.18. The van der Waals surface area contributed by atoms with E-state index in [1.165, 1.54) is 0 Å². The summed E-state index contributed by atoms with van der Waals surface area (Å²) < 4.78 is 13.0. The van der Waals surface area contributed by atoms with Crippen molar-refractivity contribution in [2.45, 2.75) is 27.3 Å². The second-order valence-electron chi connectivity index (χ2n) is 6.45. The first-order valence-corrected chi connectivity index (χ1v) is 9.33. The van der Waals surface area contributed by atoms with E-state index in [1.54, 1.807) is 13.1 Å². The van der Waals surface area contributed by atoms with E-state index in [-0.39, 0.29) is 0 Å². The predicted molar refractivity (Wildman–Crippen MR) is 111 cm³/mol. The summed E-state index contributed by atoms with van der Waals surface area (Å²) in [6, 6.07) is 14.2. The molecule has 2 aromatic carbocycles. The zero-order valence-corrected chi connectivity index (χ0v) is 16.4. The monoisotopic (exact) mass is 379 g/mol. The summed E-state index contributed by atoms with van der Waals surface area (Å²) in [5.74, 6) is 0.944. The molecule has 0 saturated carbocycles. The van der Waals surface area contributed by atoms with Gasteiger partial charge in [-0.25, -0.2) is 10.2 Å². The van der Waals surface area contributed by atoms with Crippen molar-refractivity contribution in [3.05, 3.63) is 65.4 Å². The van der Waals surface area contributed by atoms with Crippen molar-refractivity contribution in [3.8, 4) is 5.75 Å². The Kier molecular flexibility index (Phi) is 6.32. The van der Waals surface area contributed by atoms with Gasteiger partial charge in [-0.1, -0.05) is 36.4 Å². The van der Waals surface area contributed by atoms with Gasteiger partial charge >= 0.3 is 6.09 Å². The first-order chi connectivity index (χ1) is 13.6. The Balaban J connectivity index is 1.73. The molecular formula is C22H25N3O3. The van der Waals surface area contributed by atoms with Gasteiger partial charge in [0.1, 0.15) is 12.4 Å². The van der Waals surface area contributed by atoms with E-state index in [0.29, 0.717) is 19.8 Å². The van der Waals surface area contributed by atoms with E-state index >= 15 is 0 Å². The average molecular weight is 379 g/mol. The number of hydrazone groups is 1. The quantitative estimate of drug-likeness (QED) is 0.488. The number of nitrogens with one attached hydrogen (secondary N) is 1. The second-order valence-corrected chi connectivity index (χ2v) is 6.45. The van der Waals surface area contributed by atoms with Crippen LogP contribution in [0.25, 0.3) is 10.9 Å². The number of nitrogens with zero attached hydrogens (tertiary/aromatic N) is 2. The van der Waals surface area contributed by atoms with E-state index < -0.39 is 6.09 Å². The van der Waals surface area contributed by atoms with E-state index in [4.69, 9.17) is 9.47 Å². The number of aromatic nitrogens is 1. The maximum Gasteiger partial charge on any atom is 0.427 e. The van der Waals surface area contributed by atoms with Crippen LogP contribution in [0.1, 0.15) is 23.6 Å². The van der Waals surface area contributed by atoms with E-state index in [1.807, 2.05) is 30.5 Å². The van der Waals surface area contributed by atoms with E-state index in [0.717, 1.165) is 33.3 Å². The molecule has 1 amide bonds.